The highest BCUT2D eigenvalue weighted by Gasteiger charge is 2.11. The number of aromatic nitrogens is 2. The number of nitrogens with two attached hydrogens (primary N) is 1. The van der Waals surface area contributed by atoms with E-state index in [1.807, 2.05) is 44.2 Å². The van der Waals surface area contributed by atoms with Crippen LogP contribution in [0.25, 0.3) is 0 Å². The molecule has 0 aliphatic carbocycles. The average Bonchev–Trinajstić information content (AvgIpc) is 2.47. The molecule has 0 bridgehead atoms. The summed E-state index contributed by atoms with van der Waals surface area (Å²) >= 11 is 0. The fourth-order valence-electron chi connectivity index (χ4n) is 1.80. The van der Waals surface area contributed by atoms with Crippen molar-refractivity contribution in [3.8, 4) is 11.6 Å². The van der Waals surface area contributed by atoms with Gasteiger partial charge >= 0.3 is 0 Å². The lowest BCUT2D eigenvalue weighted by Gasteiger charge is -2.13. The summed E-state index contributed by atoms with van der Waals surface area (Å²) in [6, 6.07) is 10.9. The molecule has 1 unspecified atom stereocenters. The predicted octanol–water partition coefficient (Wildman–Crippen LogP) is 2.32. The largest absolute Gasteiger partial charge is 0.491 e. The third kappa shape index (κ3) is 3.45. The molecule has 1 aromatic heterocycles. The van der Waals surface area contributed by atoms with Crippen LogP contribution < -0.4 is 15.2 Å². The van der Waals surface area contributed by atoms with Crippen LogP contribution in [-0.2, 0) is 0 Å². The monoisotopic (exact) mass is 273 g/mol. The first-order valence-corrected chi connectivity index (χ1v) is 6.50. The van der Waals surface area contributed by atoms with Crippen LogP contribution in [0.3, 0.4) is 0 Å². The third-order valence-corrected chi connectivity index (χ3v) is 2.80. The Balaban J connectivity index is 2.13. The molecule has 5 nitrogen and oxygen atoms in total. The smallest absolute Gasteiger partial charge is 0.233 e. The lowest BCUT2D eigenvalue weighted by atomic mass is 10.0. The molecule has 0 aliphatic rings. The molecule has 0 fully saturated rings. The number of hydrogen-bond donors (Lipinski definition) is 1. The van der Waals surface area contributed by atoms with Crippen molar-refractivity contribution < 1.29 is 9.47 Å². The minimum absolute atomic E-state index is 0.155. The van der Waals surface area contributed by atoms with Gasteiger partial charge < -0.3 is 15.2 Å². The molecular formula is C15H19N3O2. The molecule has 2 rings (SSSR count). The SMILES string of the molecule is COc1ccc(C(N)c2ccc(OC(C)C)cc2)nn1. The summed E-state index contributed by atoms with van der Waals surface area (Å²) in [7, 11) is 1.55. The Morgan fingerprint density at radius 3 is 2.20 bits per heavy atom. The van der Waals surface area contributed by atoms with E-state index in [-0.39, 0.29) is 12.1 Å². The van der Waals surface area contributed by atoms with Gasteiger partial charge in [0, 0.05) is 6.07 Å². The summed E-state index contributed by atoms with van der Waals surface area (Å²) < 4.78 is 10.6. The Kier molecular flexibility index (Phi) is 4.53. The molecule has 0 saturated carbocycles. The Morgan fingerprint density at radius 1 is 1.00 bits per heavy atom. The molecule has 0 saturated heterocycles. The maximum atomic E-state index is 6.18. The summed E-state index contributed by atoms with van der Waals surface area (Å²) in [5.41, 5.74) is 7.83. The van der Waals surface area contributed by atoms with Gasteiger partial charge in [0.1, 0.15) is 5.75 Å². The van der Waals surface area contributed by atoms with Crippen molar-refractivity contribution in [1.29, 1.82) is 0 Å². The average molecular weight is 273 g/mol. The van der Waals surface area contributed by atoms with E-state index in [2.05, 4.69) is 10.2 Å². The van der Waals surface area contributed by atoms with Crippen molar-refractivity contribution in [3.05, 3.63) is 47.7 Å². The van der Waals surface area contributed by atoms with Crippen LogP contribution in [0.15, 0.2) is 36.4 Å². The maximum Gasteiger partial charge on any atom is 0.233 e. The van der Waals surface area contributed by atoms with Gasteiger partial charge in [-0.05, 0) is 37.6 Å². The van der Waals surface area contributed by atoms with Crippen molar-refractivity contribution >= 4 is 0 Å². The van der Waals surface area contributed by atoms with Crippen LogP contribution in [0.5, 0.6) is 11.6 Å². The Hall–Kier alpha value is -2.14. The molecule has 1 heterocycles. The quantitative estimate of drug-likeness (QED) is 0.905. The van der Waals surface area contributed by atoms with Crippen LogP contribution in [0.1, 0.15) is 31.1 Å². The number of nitrogens with zero attached hydrogens (tertiary/aromatic N) is 2. The first-order valence-electron chi connectivity index (χ1n) is 6.50. The summed E-state index contributed by atoms with van der Waals surface area (Å²) in [5.74, 6) is 1.30. The van der Waals surface area contributed by atoms with E-state index < -0.39 is 0 Å². The van der Waals surface area contributed by atoms with E-state index in [1.54, 1.807) is 13.2 Å². The van der Waals surface area contributed by atoms with E-state index >= 15 is 0 Å². The molecule has 106 valence electrons. The Bertz CT molecular complexity index is 538. The van der Waals surface area contributed by atoms with E-state index in [1.165, 1.54) is 0 Å². The van der Waals surface area contributed by atoms with Crippen molar-refractivity contribution in [1.82, 2.24) is 10.2 Å². The summed E-state index contributed by atoms with van der Waals surface area (Å²) in [6.07, 6.45) is 0.155. The molecule has 2 N–H and O–H groups in total. The van der Waals surface area contributed by atoms with E-state index in [0.717, 1.165) is 11.3 Å². The molecule has 0 aliphatic heterocycles. The Labute approximate surface area is 118 Å². The van der Waals surface area contributed by atoms with Crippen LogP contribution in [0.4, 0.5) is 0 Å². The van der Waals surface area contributed by atoms with Crippen molar-refractivity contribution in [2.75, 3.05) is 7.11 Å². The predicted molar refractivity (Wildman–Crippen MR) is 76.8 cm³/mol. The standard InChI is InChI=1S/C15H19N3O2/c1-10(2)20-12-6-4-11(5-7-12)15(16)13-8-9-14(19-3)18-17-13/h4-10,15H,16H2,1-3H3. The number of ether oxygens (including phenoxy) is 2. The first kappa shape index (κ1) is 14.3. The molecular weight excluding hydrogens is 254 g/mol. The zero-order valence-corrected chi connectivity index (χ0v) is 11.9. The molecule has 2 aromatic rings. The molecule has 5 heteroatoms. The normalized spacial score (nSPS) is 12.2. The highest BCUT2D eigenvalue weighted by Crippen LogP contribution is 2.21. The zero-order valence-electron chi connectivity index (χ0n) is 11.9. The molecule has 20 heavy (non-hydrogen) atoms. The van der Waals surface area contributed by atoms with E-state index in [9.17, 15) is 0 Å². The molecule has 0 radical (unpaired) electrons. The van der Waals surface area contributed by atoms with Crippen LogP contribution in [0.2, 0.25) is 0 Å². The topological polar surface area (TPSA) is 70.3 Å². The van der Waals surface area contributed by atoms with Crippen LogP contribution in [0, 0.1) is 0 Å². The fourth-order valence-corrected chi connectivity index (χ4v) is 1.80. The summed E-state index contributed by atoms with van der Waals surface area (Å²) in [6.45, 7) is 3.99. The van der Waals surface area contributed by atoms with E-state index in [4.69, 9.17) is 15.2 Å². The third-order valence-electron chi connectivity index (χ3n) is 2.80. The van der Waals surface area contributed by atoms with Gasteiger partial charge in [-0.15, -0.1) is 10.2 Å². The van der Waals surface area contributed by atoms with Gasteiger partial charge in [-0.2, -0.15) is 0 Å². The minimum Gasteiger partial charge on any atom is -0.491 e. The number of benzene rings is 1. The second-order valence-electron chi connectivity index (χ2n) is 4.71. The first-order chi connectivity index (χ1) is 9.60. The lowest BCUT2D eigenvalue weighted by Crippen LogP contribution is -2.14. The molecule has 0 spiro atoms. The number of methoxy groups -OCH3 is 1. The van der Waals surface area contributed by atoms with Gasteiger partial charge in [-0.1, -0.05) is 12.1 Å². The lowest BCUT2D eigenvalue weighted by molar-refractivity contribution is 0.242. The minimum atomic E-state index is -0.318. The summed E-state index contributed by atoms with van der Waals surface area (Å²) in [4.78, 5) is 0. The second-order valence-corrected chi connectivity index (χ2v) is 4.71. The van der Waals surface area contributed by atoms with E-state index in [0.29, 0.717) is 11.6 Å². The van der Waals surface area contributed by atoms with Gasteiger partial charge in [0.15, 0.2) is 0 Å². The van der Waals surface area contributed by atoms with Crippen molar-refractivity contribution in [3.63, 3.8) is 0 Å². The highest BCUT2D eigenvalue weighted by atomic mass is 16.5. The van der Waals surface area contributed by atoms with Crippen LogP contribution in [-0.4, -0.2) is 23.4 Å². The van der Waals surface area contributed by atoms with Crippen LogP contribution >= 0.6 is 0 Å². The molecule has 1 aromatic carbocycles. The zero-order chi connectivity index (χ0) is 14.5. The van der Waals surface area contributed by atoms with Crippen molar-refractivity contribution in [2.45, 2.75) is 26.0 Å². The number of hydrogen-bond acceptors (Lipinski definition) is 5. The van der Waals surface area contributed by atoms with Gasteiger partial charge in [-0.3, -0.25) is 0 Å². The molecule has 0 amide bonds. The summed E-state index contributed by atoms with van der Waals surface area (Å²) in [5, 5.41) is 7.99. The van der Waals surface area contributed by atoms with Gasteiger partial charge in [0.05, 0.1) is 24.9 Å². The van der Waals surface area contributed by atoms with Gasteiger partial charge in [-0.25, -0.2) is 0 Å². The van der Waals surface area contributed by atoms with Gasteiger partial charge in [0.2, 0.25) is 5.88 Å². The second kappa shape index (κ2) is 6.34. The Morgan fingerprint density at radius 2 is 1.70 bits per heavy atom. The fraction of sp³-hybridized carbons (Fsp3) is 0.333. The molecule has 1 atom stereocenters. The highest BCUT2D eigenvalue weighted by molar-refractivity contribution is 5.33. The number of rotatable bonds is 5. The van der Waals surface area contributed by atoms with Crippen molar-refractivity contribution in [2.24, 2.45) is 5.73 Å². The maximum absolute atomic E-state index is 6.18. The van der Waals surface area contributed by atoms with Gasteiger partial charge in [0.25, 0.3) is 0 Å².